The smallest absolute Gasteiger partial charge is 0.225 e. The number of aliphatic hydroxyl groups excluding tert-OH is 1. The molecule has 1 aliphatic carbocycles. The molecule has 2 saturated heterocycles. The van der Waals surface area contributed by atoms with Gasteiger partial charge in [-0.3, -0.25) is 9.69 Å². The summed E-state index contributed by atoms with van der Waals surface area (Å²) in [6, 6.07) is 15.3. The van der Waals surface area contributed by atoms with E-state index in [9.17, 15) is 14.3 Å². The van der Waals surface area contributed by atoms with E-state index in [1.54, 1.807) is 12.1 Å². The lowest BCUT2D eigenvalue weighted by Crippen LogP contribution is -2.68. The van der Waals surface area contributed by atoms with Gasteiger partial charge in [0.1, 0.15) is 5.82 Å². The molecular weight excluding hydrogens is 379 g/mol. The van der Waals surface area contributed by atoms with E-state index in [2.05, 4.69) is 21.9 Å². The Balaban J connectivity index is 1.38. The number of carbonyl (C=O) groups is 1. The summed E-state index contributed by atoms with van der Waals surface area (Å²) in [5, 5.41) is 10.1. The second-order valence-electron chi connectivity index (χ2n) is 8.98. The average molecular weight is 409 g/mol. The molecule has 0 unspecified atom stereocenters. The van der Waals surface area contributed by atoms with Gasteiger partial charge in [-0.05, 0) is 61.1 Å². The maximum absolute atomic E-state index is 13.6. The molecule has 2 aromatic carbocycles. The molecule has 2 aliphatic heterocycles. The summed E-state index contributed by atoms with van der Waals surface area (Å²) in [7, 11) is 0. The van der Waals surface area contributed by atoms with Crippen molar-refractivity contribution in [2.75, 3.05) is 26.2 Å². The van der Waals surface area contributed by atoms with E-state index < -0.39 is 0 Å². The third-order valence-corrected chi connectivity index (χ3v) is 7.06. The number of hydrogen-bond acceptors (Lipinski definition) is 3. The predicted molar refractivity (Wildman–Crippen MR) is 114 cm³/mol. The highest BCUT2D eigenvalue weighted by atomic mass is 19.1. The molecule has 0 radical (unpaired) electrons. The van der Waals surface area contributed by atoms with Crippen molar-refractivity contribution in [2.45, 2.75) is 43.7 Å². The maximum Gasteiger partial charge on any atom is 0.225 e. The van der Waals surface area contributed by atoms with E-state index >= 15 is 0 Å². The standard InChI is InChI=1S/C25H29FN2O2/c26-21-5-3-4-20(14-21)17-6-8-18(9-7-17)24-22-15-27(25(30)19-10-11-19)12-1-2-13-28(22)23(24)16-29/h3-9,14,19,22-24,29H,1-2,10-13,15-16H2/t22-,23-,24-/m1/s1. The Kier molecular flexibility index (Phi) is 5.34. The number of nitrogens with zero attached hydrogens (tertiary/aromatic N) is 2. The van der Waals surface area contributed by atoms with E-state index in [-0.39, 0.29) is 36.3 Å². The van der Waals surface area contributed by atoms with Crippen molar-refractivity contribution < 1.29 is 14.3 Å². The monoisotopic (exact) mass is 408 g/mol. The Labute approximate surface area is 177 Å². The van der Waals surface area contributed by atoms with Gasteiger partial charge >= 0.3 is 0 Å². The molecule has 2 aromatic rings. The second kappa shape index (κ2) is 8.12. The second-order valence-corrected chi connectivity index (χ2v) is 8.98. The topological polar surface area (TPSA) is 43.8 Å². The molecule has 1 saturated carbocycles. The number of amides is 1. The summed E-state index contributed by atoms with van der Waals surface area (Å²) >= 11 is 0. The van der Waals surface area contributed by atoms with Gasteiger partial charge in [-0.25, -0.2) is 4.39 Å². The van der Waals surface area contributed by atoms with Gasteiger partial charge in [-0.15, -0.1) is 0 Å². The number of halogens is 1. The molecule has 1 N–H and O–H groups in total. The van der Waals surface area contributed by atoms with Crippen LogP contribution in [0.15, 0.2) is 48.5 Å². The first-order valence-corrected chi connectivity index (χ1v) is 11.2. The first-order chi connectivity index (χ1) is 14.7. The van der Waals surface area contributed by atoms with E-state index in [4.69, 9.17) is 0 Å². The molecule has 3 fully saturated rings. The van der Waals surface area contributed by atoms with Crippen molar-refractivity contribution in [3.63, 3.8) is 0 Å². The van der Waals surface area contributed by atoms with Gasteiger partial charge < -0.3 is 10.0 Å². The molecule has 5 rings (SSSR count). The molecule has 0 aromatic heterocycles. The fourth-order valence-corrected chi connectivity index (χ4v) is 5.29. The zero-order chi connectivity index (χ0) is 20.7. The van der Waals surface area contributed by atoms with Crippen molar-refractivity contribution >= 4 is 5.91 Å². The highest BCUT2D eigenvalue weighted by Crippen LogP contribution is 2.43. The van der Waals surface area contributed by atoms with E-state index in [0.29, 0.717) is 5.91 Å². The van der Waals surface area contributed by atoms with Crippen LogP contribution in [0, 0.1) is 11.7 Å². The van der Waals surface area contributed by atoms with E-state index in [1.807, 2.05) is 18.2 Å². The predicted octanol–water partition coefficient (Wildman–Crippen LogP) is 3.65. The summed E-state index contributed by atoms with van der Waals surface area (Å²) in [5.74, 6) is 0.547. The summed E-state index contributed by atoms with van der Waals surface area (Å²) < 4.78 is 13.6. The fourth-order valence-electron chi connectivity index (χ4n) is 5.29. The molecule has 3 atom stereocenters. The van der Waals surface area contributed by atoms with Crippen LogP contribution in [0.4, 0.5) is 4.39 Å². The zero-order valence-electron chi connectivity index (χ0n) is 17.2. The third-order valence-electron chi connectivity index (χ3n) is 7.06. The largest absolute Gasteiger partial charge is 0.395 e. The number of rotatable bonds is 4. The first-order valence-electron chi connectivity index (χ1n) is 11.2. The molecule has 158 valence electrons. The molecule has 30 heavy (non-hydrogen) atoms. The van der Waals surface area contributed by atoms with Crippen LogP contribution in [-0.4, -0.2) is 59.1 Å². The number of fused-ring (bicyclic) bond motifs is 1. The Hall–Kier alpha value is -2.24. The van der Waals surface area contributed by atoms with Crippen molar-refractivity contribution in [1.82, 2.24) is 9.80 Å². The summed E-state index contributed by atoms with van der Waals surface area (Å²) in [4.78, 5) is 17.2. The van der Waals surface area contributed by atoms with Gasteiger partial charge in [-0.2, -0.15) is 0 Å². The number of hydrogen-bond donors (Lipinski definition) is 1. The molecule has 0 bridgehead atoms. The van der Waals surface area contributed by atoms with Crippen LogP contribution in [0.25, 0.3) is 11.1 Å². The van der Waals surface area contributed by atoms with Crippen molar-refractivity contribution in [3.05, 3.63) is 59.9 Å². The van der Waals surface area contributed by atoms with Crippen LogP contribution >= 0.6 is 0 Å². The van der Waals surface area contributed by atoms with Gasteiger partial charge in [0.25, 0.3) is 0 Å². The van der Waals surface area contributed by atoms with Gasteiger partial charge in [0.15, 0.2) is 0 Å². The summed E-state index contributed by atoms with van der Waals surface area (Å²) in [6.45, 7) is 2.72. The van der Waals surface area contributed by atoms with Gasteiger partial charge in [-0.1, -0.05) is 36.4 Å². The minimum Gasteiger partial charge on any atom is -0.395 e. The molecule has 1 amide bonds. The molecule has 2 heterocycles. The first kappa shape index (κ1) is 19.7. The van der Waals surface area contributed by atoms with Crippen LogP contribution in [0.3, 0.4) is 0 Å². The Morgan fingerprint density at radius 2 is 1.80 bits per heavy atom. The lowest BCUT2D eigenvalue weighted by atomic mass is 9.74. The van der Waals surface area contributed by atoms with Crippen LogP contribution in [0.2, 0.25) is 0 Å². The van der Waals surface area contributed by atoms with Crippen LogP contribution in [0.5, 0.6) is 0 Å². The van der Waals surface area contributed by atoms with Crippen molar-refractivity contribution in [2.24, 2.45) is 5.92 Å². The van der Waals surface area contributed by atoms with Crippen molar-refractivity contribution in [3.8, 4) is 11.1 Å². The lowest BCUT2D eigenvalue weighted by molar-refractivity contribution is -0.137. The Bertz CT molecular complexity index is 912. The minimum absolute atomic E-state index is 0.103. The molecule has 3 aliphatic rings. The third kappa shape index (κ3) is 3.65. The van der Waals surface area contributed by atoms with E-state index in [0.717, 1.165) is 56.4 Å². The highest BCUT2D eigenvalue weighted by Gasteiger charge is 2.50. The number of aliphatic hydroxyl groups is 1. The normalized spacial score (nSPS) is 27.0. The average Bonchev–Trinajstić information content (AvgIpc) is 3.58. The summed E-state index contributed by atoms with van der Waals surface area (Å²) in [6.07, 6.45) is 4.17. The summed E-state index contributed by atoms with van der Waals surface area (Å²) in [5.41, 5.74) is 3.04. The van der Waals surface area contributed by atoms with Gasteiger partial charge in [0.05, 0.1) is 6.61 Å². The highest BCUT2D eigenvalue weighted by molar-refractivity contribution is 5.81. The zero-order valence-corrected chi connectivity index (χ0v) is 17.2. The molecule has 5 heteroatoms. The molecular formula is C25H29FN2O2. The van der Waals surface area contributed by atoms with Gasteiger partial charge in [0, 0.05) is 37.0 Å². The molecule has 4 nitrogen and oxygen atoms in total. The van der Waals surface area contributed by atoms with Gasteiger partial charge in [0.2, 0.25) is 5.91 Å². The van der Waals surface area contributed by atoms with Crippen molar-refractivity contribution in [1.29, 1.82) is 0 Å². The van der Waals surface area contributed by atoms with E-state index in [1.165, 1.54) is 11.6 Å². The Morgan fingerprint density at radius 1 is 1.03 bits per heavy atom. The number of carbonyl (C=O) groups excluding carboxylic acids is 1. The maximum atomic E-state index is 13.6. The van der Waals surface area contributed by atoms with Crippen LogP contribution in [0.1, 0.15) is 37.2 Å². The SMILES string of the molecule is O=C(C1CC1)N1CCCCN2[C@H](CO)[C@H](c3ccc(-c4cccc(F)c4)cc3)[C@H]2C1. The fraction of sp³-hybridized carbons (Fsp3) is 0.480. The lowest BCUT2D eigenvalue weighted by Gasteiger charge is -2.57. The van der Waals surface area contributed by atoms with Crippen LogP contribution < -0.4 is 0 Å². The van der Waals surface area contributed by atoms with Crippen LogP contribution in [-0.2, 0) is 4.79 Å². The molecule has 0 spiro atoms. The Morgan fingerprint density at radius 3 is 2.50 bits per heavy atom. The minimum atomic E-state index is -0.235. The number of benzene rings is 2. The quantitative estimate of drug-likeness (QED) is 0.840.